The zero-order valence-electron chi connectivity index (χ0n) is 12.9. The predicted molar refractivity (Wildman–Crippen MR) is 81.7 cm³/mol. The van der Waals surface area contributed by atoms with E-state index in [0.717, 1.165) is 32.1 Å². The number of hydrogen-bond donors (Lipinski definition) is 0. The molecule has 0 saturated heterocycles. The van der Waals surface area contributed by atoms with Gasteiger partial charge in [-0.2, -0.15) is 0 Å². The summed E-state index contributed by atoms with van der Waals surface area (Å²) >= 11 is 0. The first-order chi connectivity index (χ1) is 9.95. The molecule has 1 fully saturated rings. The lowest BCUT2D eigenvalue weighted by molar-refractivity contribution is -0.121. The van der Waals surface area contributed by atoms with E-state index in [2.05, 4.69) is 19.9 Å². The predicted octanol–water partition coefficient (Wildman–Crippen LogP) is 3.93. The summed E-state index contributed by atoms with van der Waals surface area (Å²) < 4.78 is 0. The van der Waals surface area contributed by atoms with Crippen LogP contribution in [-0.4, -0.2) is 11.6 Å². The molecule has 0 aromatic heterocycles. The highest BCUT2D eigenvalue weighted by atomic mass is 16.1. The number of fused-ring (bicyclic) bond motifs is 4. The molecule has 0 bridgehead atoms. The molecule has 1 saturated carbocycles. The Morgan fingerprint density at radius 2 is 1.86 bits per heavy atom. The van der Waals surface area contributed by atoms with E-state index < -0.39 is 0 Å². The number of carbonyl (C=O) groups is 2. The molecular weight excluding hydrogens is 260 g/mol. The van der Waals surface area contributed by atoms with E-state index in [-0.39, 0.29) is 16.6 Å². The Balaban J connectivity index is 1.84. The second-order valence-electron chi connectivity index (χ2n) is 7.61. The Morgan fingerprint density at radius 3 is 2.67 bits per heavy atom. The third-order valence-electron chi connectivity index (χ3n) is 6.63. The van der Waals surface area contributed by atoms with Gasteiger partial charge in [0, 0.05) is 6.42 Å². The molecule has 2 nitrogen and oxygen atoms in total. The molecule has 0 aromatic rings. The van der Waals surface area contributed by atoms with Gasteiger partial charge in [-0.3, -0.25) is 9.59 Å². The minimum absolute atomic E-state index is 0.148. The van der Waals surface area contributed by atoms with Crippen molar-refractivity contribution >= 4 is 11.6 Å². The quantitative estimate of drug-likeness (QED) is 0.674. The fourth-order valence-electron chi connectivity index (χ4n) is 5.19. The second kappa shape index (κ2) is 4.06. The fourth-order valence-corrected chi connectivity index (χ4v) is 5.19. The van der Waals surface area contributed by atoms with Crippen LogP contribution in [0.4, 0.5) is 0 Å². The van der Waals surface area contributed by atoms with Gasteiger partial charge in [0.2, 0.25) is 0 Å². The van der Waals surface area contributed by atoms with Crippen molar-refractivity contribution in [2.24, 2.45) is 16.7 Å². The van der Waals surface area contributed by atoms with Crippen molar-refractivity contribution in [3.05, 3.63) is 34.9 Å². The lowest BCUT2D eigenvalue weighted by atomic mass is 9.52. The van der Waals surface area contributed by atoms with E-state index in [0.29, 0.717) is 18.1 Å². The first-order valence-corrected chi connectivity index (χ1v) is 8.15. The summed E-state index contributed by atoms with van der Waals surface area (Å²) in [6.07, 6.45) is 11.5. The lowest BCUT2D eigenvalue weighted by Crippen LogP contribution is -2.42. The summed E-state index contributed by atoms with van der Waals surface area (Å²) in [6.45, 7) is 4.46. The minimum atomic E-state index is -0.256. The monoisotopic (exact) mass is 282 g/mol. The van der Waals surface area contributed by atoms with Gasteiger partial charge in [0.15, 0.2) is 11.6 Å². The van der Waals surface area contributed by atoms with Crippen LogP contribution in [0.15, 0.2) is 34.9 Å². The van der Waals surface area contributed by atoms with Gasteiger partial charge in [-0.25, -0.2) is 0 Å². The summed E-state index contributed by atoms with van der Waals surface area (Å²) in [7, 11) is 0. The maximum atomic E-state index is 12.2. The Labute approximate surface area is 126 Å². The van der Waals surface area contributed by atoms with Crippen LogP contribution < -0.4 is 0 Å². The van der Waals surface area contributed by atoms with Crippen molar-refractivity contribution in [1.82, 2.24) is 0 Å². The molecule has 3 atom stereocenters. The topological polar surface area (TPSA) is 34.1 Å². The van der Waals surface area contributed by atoms with Crippen molar-refractivity contribution in [2.75, 3.05) is 0 Å². The lowest BCUT2D eigenvalue weighted by Gasteiger charge is -2.51. The molecule has 0 unspecified atom stereocenters. The summed E-state index contributed by atoms with van der Waals surface area (Å²) in [5.74, 6) is 1.12. The first kappa shape index (κ1) is 13.2. The molecule has 0 aliphatic heterocycles. The summed E-state index contributed by atoms with van der Waals surface area (Å²) in [6, 6.07) is 0. The SMILES string of the molecule is C[C@]12CC[C@H]3C(=C1C=CC2=O)CCC1=CC(=O)CC[C@@]13C. The van der Waals surface area contributed by atoms with Crippen LogP contribution in [0, 0.1) is 16.7 Å². The molecule has 0 N–H and O–H groups in total. The van der Waals surface area contributed by atoms with Crippen LogP contribution in [0.1, 0.15) is 52.4 Å². The zero-order valence-corrected chi connectivity index (χ0v) is 12.9. The molecule has 4 rings (SSSR count). The third-order valence-corrected chi connectivity index (χ3v) is 6.63. The molecule has 0 amide bonds. The molecule has 4 aliphatic carbocycles. The van der Waals surface area contributed by atoms with E-state index in [1.54, 1.807) is 6.08 Å². The highest BCUT2D eigenvalue weighted by molar-refractivity contribution is 6.01. The zero-order chi connectivity index (χ0) is 14.8. The molecule has 0 heterocycles. The van der Waals surface area contributed by atoms with Crippen LogP contribution in [0.2, 0.25) is 0 Å². The van der Waals surface area contributed by atoms with Crippen LogP contribution in [0.5, 0.6) is 0 Å². The van der Waals surface area contributed by atoms with Crippen molar-refractivity contribution < 1.29 is 9.59 Å². The van der Waals surface area contributed by atoms with Crippen LogP contribution >= 0.6 is 0 Å². The van der Waals surface area contributed by atoms with Gasteiger partial charge in [0.05, 0.1) is 5.41 Å². The molecule has 0 radical (unpaired) electrons. The van der Waals surface area contributed by atoms with Crippen LogP contribution in [0.25, 0.3) is 0 Å². The highest BCUT2D eigenvalue weighted by Crippen LogP contribution is 2.60. The van der Waals surface area contributed by atoms with E-state index in [4.69, 9.17) is 0 Å². The highest BCUT2D eigenvalue weighted by Gasteiger charge is 2.51. The van der Waals surface area contributed by atoms with E-state index in [9.17, 15) is 9.59 Å². The summed E-state index contributed by atoms with van der Waals surface area (Å²) in [5.41, 5.74) is 4.08. The van der Waals surface area contributed by atoms with E-state index in [1.165, 1.54) is 16.7 Å². The number of rotatable bonds is 0. The molecule has 110 valence electrons. The van der Waals surface area contributed by atoms with Crippen molar-refractivity contribution in [3.8, 4) is 0 Å². The van der Waals surface area contributed by atoms with E-state index in [1.807, 2.05) is 6.08 Å². The van der Waals surface area contributed by atoms with Gasteiger partial charge in [0.1, 0.15) is 0 Å². The van der Waals surface area contributed by atoms with Gasteiger partial charge in [-0.05, 0) is 68.1 Å². The average Bonchev–Trinajstić information content (AvgIpc) is 2.76. The van der Waals surface area contributed by atoms with Gasteiger partial charge in [0.25, 0.3) is 0 Å². The number of hydrogen-bond acceptors (Lipinski definition) is 2. The smallest absolute Gasteiger partial charge is 0.165 e. The molecule has 0 aromatic carbocycles. The van der Waals surface area contributed by atoms with Gasteiger partial charge in [-0.15, -0.1) is 0 Å². The van der Waals surface area contributed by atoms with Crippen LogP contribution in [0.3, 0.4) is 0 Å². The fraction of sp³-hybridized carbons (Fsp3) is 0.579. The van der Waals surface area contributed by atoms with Crippen molar-refractivity contribution in [1.29, 1.82) is 0 Å². The largest absolute Gasteiger partial charge is 0.295 e. The molecular formula is C19H22O2. The number of allylic oxidation sites excluding steroid dienone is 6. The Bertz CT molecular complexity index is 648. The summed E-state index contributed by atoms with van der Waals surface area (Å²) in [4.78, 5) is 24.0. The van der Waals surface area contributed by atoms with Gasteiger partial charge < -0.3 is 0 Å². The maximum absolute atomic E-state index is 12.2. The van der Waals surface area contributed by atoms with Crippen molar-refractivity contribution in [3.63, 3.8) is 0 Å². The molecule has 21 heavy (non-hydrogen) atoms. The minimum Gasteiger partial charge on any atom is -0.295 e. The third kappa shape index (κ3) is 1.59. The number of carbonyl (C=O) groups excluding carboxylic acids is 2. The maximum Gasteiger partial charge on any atom is 0.165 e. The Morgan fingerprint density at radius 1 is 1.05 bits per heavy atom. The summed E-state index contributed by atoms with van der Waals surface area (Å²) in [5, 5.41) is 0. The van der Waals surface area contributed by atoms with Crippen molar-refractivity contribution in [2.45, 2.75) is 52.4 Å². The molecule has 0 spiro atoms. The van der Waals surface area contributed by atoms with Gasteiger partial charge >= 0.3 is 0 Å². The average molecular weight is 282 g/mol. The first-order valence-electron chi connectivity index (χ1n) is 8.15. The molecule has 4 aliphatic rings. The second-order valence-corrected chi connectivity index (χ2v) is 7.61. The van der Waals surface area contributed by atoms with E-state index >= 15 is 0 Å². The molecule has 2 heteroatoms. The van der Waals surface area contributed by atoms with Crippen LogP contribution in [-0.2, 0) is 9.59 Å². The number of ketones is 2. The Kier molecular flexibility index (Phi) is 2.56. The Hall–Kier alpha value is -1.44. The van der Waals surface area contributed by atoms with Gasteiger partial charge in [-0.1, -0.05) is 24.1 Å². The normalized spacial score (nSPS) is 41.6. The standard InChI is InChI=1S/C19H22O2/c1-18-9-7-13(20)11-12(18)3-4-14-15-5-6-17(21)19(15,2)10-8-16(14)18/h5-6,11,16H,3-4,7-10H2,1-2H3/t16-,18-,19-/m0/s1.